The molecule has 0 unspecified atom stereocenters. The van der Waals surface area contributed by atoms with Crippen LogP contribution in [0.15, 0.2) is 18.2 Å². The summed E-state index contributed by atoms with van der Waals surface area (Å²) >= 11 is 0. The lowest BCUT2D eigenvalue weighted by Crippen LogP contribution is -2.43. The van der Waals surface area contributed by atoms with Gasteiger partial charge < -0.3 is 19.7 Å². The molecule has 1 N–H and O–H groups in total. The largest absolute Gasteiger partial charge is 0.495 e. The zero-order valence-corrected chi connectivity index (χ0v) is 9.91. The SMILES string of the molecule is COc1ccc(OCF)cc1N1CCNCC1. The highest BCUT2D eigenvalue weighted by molar-refractivity contribution is 5.62. The van der Waals surface area contributed by atoms with Crippen LogP contribution in [0.1, 0.15) is 0 Å². The fourth-order valence-corrected chi connectivity index (χ4v) is 1.98. The maximum atomic E-state index is 12.2. The van der Waals surface area contributed by atoms with Crippen LogP contribution in [0.5, 0.6) is 11.5 Å². The van der Waals surface area contributed by atoms with E-state index in [0.717, 1.165) is 37.6 Å². The van der Waals surface area contributed by atoms with Crippen LogP contribution in [0.25, 0.3) is 0 Å². The molecule has 0 radical (unpaired) electrons. The van der Waals surface area contributed by atoms with E-state index in [1.165, 1.54) is 0 Å². The van der Waals surface area contributed by atoms with Crippen molar-refractivity contribution in [3.05, 3.63) is 18.2 Å². The van der Waals surface area contributed by atoms with Gasteiger partial charge in [-0.3, -0.25) is 0 Å². The Morgan fingerprint density at radius 2 is 2.12 bits per heavy atom. The van der Waals surface area contributed by atoms with Gasteiger partial charge in [-0.2, -0.15) is 0 Å². The van der Waals surface area contributed by atoms with Gasteiger partial charge >= 0.3 is 0 Å². The highest BCUT2D eigenvalue weighted by atomic mass is 19.1. The number of methoxy groups -OCH3 is 1. The van der Waals surface area contributed by atoms with Crippen molar-refractivity contribution in [1.29, 1.82) is 0 Å². The standard InChI is InChI=1S/C12H17FN2O2/c1-16-12-3-2-10(17-9-13)8-11(12)15-6-4-14-5-7-15/h2-3,8,14H,4-7,9H2,1H3. The number of anilines is 1. The minimum absolute atomic E-state index is 0.529. The summed E-state index contributed by atoms with van der Waals surface area (Å²) in [4.78, 5) is 2.21. The quantitative estimate of drug-likeness (QED) is 0.862. The fraction of sp³-hybridized carbons (Fsp3) is 0.500. The smallest absolute Gasteiger partial charge is 0.228 e. The monoisotopic (exact) mass is 240 g/mol. The third kappa shape index (κ3) is 2.79. The van der Waals surface area contributed by atoms with Crippen LogP contribution in [0.2, 0.25) is 0 Å². The molecule has 4 nitrogen and oxygen atoms in total. The second-order valence-electron chi connectivity index (χ2n) is 3.82. The summed E-state index contributed by atoms with van der Waals surface area (Å²) in [6.07, 6.45) is 0. The Hall–Kier alpha value is -1.49. The predicted octanol–water partition coefficient (Wildman–Crippen LogP) is 1.41. The maximum Gasteiger partial charge on any atom is 0.228 e. The van der Waals surface area contributed by atoms with E-state index in [2.05, 4.69) is 10.2 Å². The molecule has 1 aliphatic rings. The molecule has 2 rings (SSSR count). The van der Waals surface area contributed by atoms with Gasteiger partial charge in [0.15, 0.2) is 0 Å². The zero-order valence-electron chi connectivity index (χ0n) is 9.91. The number of halogens is 1. The van der Waals surface area contributed by atoms with Gasteiger partial charge in [0.25, 0.3) is 0 Å². The highest BCUT2D eigenvalue weighted by Crippen LogP contribution is 2.32. The molecule has 1 saturated heterocycles. The number of hydrogen-bond acceptors (Lipinski definition) is 4. The molecule has 17 heavy (non-hydrogen) atoms. The maximum absolute atomic E-state index is 12.2. The summed E-state index contributed by atoms with van der Waals surface area (Å²) in [5.74, 6) is 1.32. The van der Waals surface area contributed by atoms with Crippen LogP contribution in [-0.2, 0) is 0 Å². The Morgan fingerprint density at radius 3 is 2.76 bits per heavy atom. The van der Waals surface area contributed by atoms with Crippen LogP contribution in [0.3, 0.4) is 0 Å². The average Bonchev–Trinajstić information content (AvgIpc) is 2.40. The second kappa shape index (κ2) is 5.72. The van der Waals surface area contributed by atoms with Crippen molar-refractivity contribution in [3.8, 4) is 11.5 Å². The first-order chi connectivity index (χ1) is 8.35. The average molecular weight is 240 g/mol. The third-order valence-corrected chi connectivity index (χ3v) is 2.83. The van der Waals surface area contributed by atoms with Crippen molar-refractivity contribution in [1.82, 2.24) is 5.32 Å². The first kappa shape index (κ1) is 12.0. The topological polar surface area (TPSA) is 33.7 Å². The van der Waals surface area contributed by atoms with Crippen LogP contribution in [0, 0.1) is 0 Å². The summed E-state index contributed by atoms with van der Waals surface area (Å²) in [7, 11) is 1.64. The Kier molecular flexibility index (Phi) is 4.03. The first-order valence-electron chi connectivity index (χ1n) is 5.67. The number of piperazine rings is 1. The lowest BCUT2D eigenvalue weighted by atomic mass is 10.2. The van der Waals surface area contributed by atoms with Gasteiger partial charge in [-0.05, 0) is 12.1 Å². The molecule has 1 aromatic carbocycles. The molecule has 5 heteroatoms. The van der Waals surface area contributed by atoms with E-state index in [9.17, 15) is 4.39 Å². The molecular formula is C12H17FN2O2. The van der Waals surface area contributed by atoms with Crippen molar-refractivity contribution in [2.24, 2.45) is 0 Å². The van der Waals surface area contributed by atoms with Gasteiger partial charge in [0.2, 0.25) is 6.86 Å². The first-order valence-corrected chi connectivity index (χ1v) is 5.67. The number of nitrogens with zero attached hydrogens (tertiary/aromatic N) is 1. The minimum Gasteiger partial charge on any atom is -0.495 e. The molecule has 1 heterocycles. The number of ether oxygens (including phenoxy) is 2. The van der Waals surface area contributed by atoms with Crippen LogP contribution < -0.4 is 19.7 Å². The van der Waals surface area contributed by atoms with E-state index in [1.54, 1.807) is 13.2 Å². The highest BCUT2D eigenvalue weighted by Gasteiger charge is 2.15. The van der Waals surface area contributed by atoms with Gasteiger partial charge in [-0.15, -0.1) is 0 Å². The van der Waals surface area contributed by atoms with Gasteiger partial charge in [0.1, 0.15) is 11.5 Å². The number of alkyl halides is 1. The summed E-state index contributed by atoms with van der Waals surface area (Å²) in [6.45, 7) is 2.90. The summed E-state index contributed by atoms with van der Waals surface area (Å²) in [5, 5.41) is 3.29. The molecule has 94 valence electrons. The summed E-state index contributed by atoms with van der Waals surface area (Å²) in [5.41, 5.74) is 0.958. The Morgan fingerprint density at radius 1 is 1.35 bits per heavy atom. The predicted molar refractivity (Wildman–Crippen MR) is 64.7 cm³/mol. The van der Waals surface area contributed by atoms with Crippen molar-refractivity contribution >= 4 is 5.69 Å². The molecule has 0 amide bonds. The lowest BCUT2D eigenvalue weighted by Gasteiger charge is -2.30. The molecule has 1 fully saturated rings. The molecule has 0 bridgehead atoms. The van der Waals surface area contributed by atoms with Gasteiger partial charge in [0.05, 0.1) is 12.8 Å². The molecular weight excluding hydrogens is 223 g/mol. The Labute approximate surface area is 100 Å². The Balaban J connectivity index is 2.24. The third-order valence-electron chi connectivity index (χ3n) is 2.83. The van der Waals surface area contributed by atoms with E-state index >= 15 is 0 Å². The van der Waals surface area contributed by atoms with E-state index in [-0.39, 0.29) is 0 Å². The fourth-order valence-electron chi connectivity index (χ4n) is 1.98. The molecule has 1 aromatic rings. The van der Waals surface area contributed by atoms with E-state index in [0.29, 0.717) is 5.75 Å². The molecule has 0 saturated carbocycles. The molecule has 0 atom stereocenters. The molecule has 0 aliphatic carbocycles. The van der Waals surface area contributed by atoms with Crippen molar-refractivity contribution in [3.63, 3.8) is 0 Å². The molecule has 1 aliphatic heterocycles. The van der Waals surface area contributed by atoms with Gasteiger partial charge in [-0.1, -0.05) is 0 Å². The molecule has 0 spiro atoms. The van der Waals surface area contributed by atoms with Gasteiger partial charge in [-0.25, -0.2) is 4.39 Å². The number of rotatable bonds is 4. The Bertz CT molecular complexity index is 368. The van der Waals surface area contributed by atoms with E-state index in [4.69, 9.17) is 9.47 Å². The van der Waals surface area contributed by atoms with E-state index in [1.807, 2.05) is 12.1 Å². The van der Waals surface area contributed by atoms with E-state index < -0.39 is 6.86 Å². The van der Waals surface area contributed by atoms with Crippen molar-refractivity contribution in [2.75, 3.05) is 45.0 Å². The number of nitrogens with one attached hydrogen (secondary N) is 1. The second-order valence-corrected chi connectivity index (χ2v) is 3.82. The summed E-state index contributed by atoms with van der Waals surface area (Å²) in [6, 6.07) is 5.34. The molecule has 0 aromatic heterocycles. The normalized spacial score (nSPS) is 15.8. The van der Waals surface area contributed by atoms with Gasteiger partial charge in [0, 0.05) is 32.2 Å². The van der Waals surface area contributed by atoms with Crippen molar-refractivity contribution in [2.45, 2.75) is 0 Å². The lowest BCUT2D eigenvalue weighted by molar-refractivity contribution is 0.191. The summed E-state index contributed by atoms with van der Waals surface area (Å²) < 4.78 is 22.4. The number of benzene rings is 1. The van der Waals surface area contributed by atoms with Crippen molar-refractivity contribution < 1.29 is 13.9 Å². The van der Waals surface area contributed by atoms with Crippen LogP contribution in [0.4, 0.5) is 10.1 Å². The number of hydrogen-bond donors (Lipinski definition) is 1. The zero-order chi connectivity index (χ0) is 12.1. The van der Waals surface area contributed by atoms with Crippen LogP contribution in [-0.4, -0.2) is 40.1 Å². The minimum atomic E-state index is -0.812. The van der Waals surface area contributed by atoms with Crippen LogP contribution >= 0.6 is 0 Å².